The molecule has 0 spiro atoms. The van der Waals surface area contributed by atoms with E-state index in [2.05, 4.69) is 31.3 Å². The quantitative estimate of drug-likeness (QED) is 0.343. The number of ether oxygens (including phenoxy) is 2. The van der Waals surface area contributed by atoms with Crippen LogP contribution in [0, 0.1) is 0 Å². The van der Waals surface area contributed by atoms with Crippen molar-refractivity contribution in [3.05, 3.63) is 76.8 Å². The normalized spacial score (nSPS) is 10.9. The van der Waals surface area contributed by atoms with Crippen LogP contribution in [0.25, 0.3) is 0 Å². The van der Waals surface area contributed by atoms with Crippen LogP contribution in [0.5, 0.6) is 11.5 Å². The fraction of sp³-hybridized carbons (Fsp3) is 0.167. The highest BCUT2D eigenvalue weighted by molar-refractivity contribution is 9.10. The van der Waals surface area contributed by atoms with Gasteiger partial charge in [0.05, 0.1) is 30.5 Å². The molecular formula is C24H24BrN3O6S. The number of anilines is 2. The standard InChI is InChI=1S/C24H24BrN3O6S/c1-33-21-15-20(28-24(30)16-6-4-3-5-7-16)22(34-2)14-19(21)27-23(29)12-13-26-35(31,32)18-10-8-17(25)9-11-18/h3-11,14-15,26H,12-13H2,1-2H3,(H,27,29)(H,28,30). The van der Waals surface area contributed by atoms with E-state index >= 15 is 0 Å². The second-order valence-corrected chi connectivity index (χ2v) is 9.91. The smallest absolute Gasteiger partial charge is 0.255 e. The summed E-state index contributed by atoms with van der Waals surface area (Å²) in [4.78, 5) is 25.1. The van der Waals surface area contributed by atoms with E-state index in [1.54, 1.807) is 36.4 Å². The lowest BCUT2D eigenvalue weighted by Gasteiger charge is -2.16. The summed E-state index contributed by atoms with van der Waals surface area (Å²) >= 11 is 3.26. The first-order valence-electron chi connectivity index (χ1n) is 10.4. The molecule has 0 bridgehead atoms. The van der Waals surface area contributed by atoms with Crippen LogP contribution >= 0.6 is 15.9 Å². The van der Waals surface area contributed by atoms with E-state index in [4.69, 9.17) is 9.47 Å². The van der Waals surface area contributed by atoms with Crippen molar-refractivity contribution < 1.29 is 27.5 Å². The topological polar surface area (TPSA) is 123 Å². The molecule has 3 rings (SSSR count). The van der Waals surface area contributed by atoms with Crippen molar-refractivity contribution in [2.45, 2.75) is 11.3 Å². The van der Waals surface area contributed by atoms with E-state index in [9.17, 15) is 18.0 Å². The first-order valence-corrected chi connectivity index (χ1v) is 12.7. The zero-order valence-electron chi connectivity index (χ0n) is 19.0. The molecule has 11 heteroatoms. The number of rotatable bonds is 10. The Morgan fingerprint density at radius 3 is 2.00 bits per heavy atom. The van der Waals surface area contributed by atoms with Gasteiger partial charge in [0.1, 0.15) is 11.5 Å². The van der Waals surface area contributed by atoms with Gasteiger partial charge in [-0.1, -0.05) is 34.1 Å². The monoisotopic (exact) mass is 561 g/mol. The van der Waals surface area contributed by atoms with Gasteiger partial charge in [0, 0.05) is 35.1 Å². The Morgan fingerprint density at radius 1 is 0.857 bits per heavy atom. The Bertz CT molecular complexity index is 1300. The van der Waals surface area contributed by atoms with Crippen LogP contribution < -0.4 is 24.8 Å². The van der Waals surface area contributed by atoms with Gasteiger partial charge in [-0.25, -0.2) is 13.1 Å². The van der Waals surface area contributed by atoms with Gasteiger partial charge in [0.15, 0.2) is 0 Å². The first kappa shape index (κ1) is 26.2. The van der Waals surface area contributed by atoms with Gasteiger partial charge >= 0.3 is 0 Å². The summed E-state index contributed by atoms with van der Waals surface area (Å²) in [6, 6.07) is 17.9. The molecule has 9 nitrogen and oxygen atoms in total. The molecule has 0 aliphatic heterocycles. The molecule has 0 unspecified atom stereocenters. The van der Waals surface area contributed by atoms with E-state index in [-0.39, 0.29) is 29.5 Å². The summed E-state index contributed by atoms with van der Waals surface area (Å²) < 4.78 is 38.6. The van der Waals surface area contributed by atoms with Gasteiger partial charge < -0.3 is 20.1 Å². The van der Waals surface area contributed by atoms with Crippen LogP contribution in [0.2, 0.25) is 0 Å². The highest BCUT2D eigenvalue weighted by Crippen LogP contribution is 2.36. The zero-order valence-corrected chi connectivity index (χ0v) is 21.4. The largest absolute Gasteiger partial charge is 0.494 e. The van der Waals surface area contributed by atoms with Crippen LogP contribution in [0.1, 0.15) is 16.8 Å². The highest BCUT2D eigenvalue weighted by atomic mass is 79.9. The third-order valence-corrected chi connectivity index (χ3v) is 6.85. The zero-order chi connectivity index (χ0) is 25.4. The fourth-order valence-electron chi connectivity index (χ4n) is 3.09. The number of carbonyl (C=O) groups is 2. The van der Waals surface area contributed by atoms with Gasteiger partial charge in [-0.05, 0) is 36.4 Å². The van der Waals surface area contributed by atoms with Crippen molar-refractivity contribution in [3.8, 4) is 11.5 Å². The number of carbonyl (C=O) groups excluding carboxylic acids is 2. The van der Waals surface area contributed by atoms with E-state index < -0.39 is 15.9 Å². The SMILES string of the molecule is COc1cc(NC(=O)c2ccccc2)c(OC)cc1NC(=O)CCNS(=O)(=O)c1ccc(Br)cc1. The van der Waals surface area contributed by atoms with Crippen LogP contribution in [0.3, 0.4) is 0 Å². The van der Waals surface area contributed by atoms with Crippen LogP contribution in [0.15, 0.2) is 76.1 Å². The number of hydrogen-bond acceptors (Lipinski definition) is 6. The molecule has 184 valence electrons. The molecule has 3 aromatic rings. The third-order valence-electron chi connectivity index (χ3n) is 4.85. The molecule has 0 aliphatic rings. The molecule has 3 aromatic carbocycles. The van der Waals surface area contributed by atoms with Crippen molar-refractivity contribution in [2.24, 2.45) is 0 Å². The Labute approximate surface area is 212 Å². The summed E-state index contributed by atoms with van der Waals surface area (Å²) in [5, 5.41) is 5.45. The van der Waals surface area contributed by atoms with E-state index in [0.29, 0.717) is 22.7 Å². The number of amides is 2. The maximum atomic E-state index is 12.5. The van der Waals surface area contributed by atoms with Crippen molar-refractivity contribution in [1.82, 2.24) is 4.72 Å². The minimum Gasteiger partial charge on any atom is -0.494 e. The predicted molar refractivity (Wildman–Crippen MR) is 137 cm³/mol. The summed E-state index contributed by atoms with van der Waals surface area (Å²) in [5.41, 5.74) is 1.14. The molecule has 35 heavy (non-hydrogen) atoms. The van der Waals surface area contributed by atoms with E-state index in [1.807, 2.05) is 6.07 Å². The molecule has 0 aromatic heterocycles. The van der Waals surface area contributed by atoms with Gasteiger partial charge in [-0.15, -0.1) is 0 Å². The molecule has 0 atom stereocenters. The van der Waals surface area contributed by atoms with E-state index in [0.717, 1.165) is 4.47 Å². The second-order valence-electron chi connectivity index (χ2n) is 7.22. The Balaban J connectivity index is 1.66. The van der Waals surface area contributed by atoms with Gasteiger partial charge in [0.25, 0.3) is 5.91 Å². The van der Waals surface area contributed by atoms with Crippen LogP contribution in [-0.4, -0.2) is 41.0 Å². The Hall–Kier alpha value is -3.41. The summed E-state index contributed by atoms with van der Waals surface area (Å²) in [6.45, 7) is -0.102. The second kappa shape index (κ2) is 11.8. The van der Waals surface area contributed by atoms with Gasteiger partial charge in [0.2, 0.25) is 15.9 Å². The van der Waals surface area contributed by atoms with E-state index in [1.165, 1.54) is 38.5 Å². The average Bonchev–Trinajstić information content (AvgIpc) is 2.85. The molecule has 0 saturated heterocycles. The lowest BCUT2D eigenvalue weighted by Crippen LogP contribution is -2.28. The fourth-order valence-corrected chi connectivity index (χ4v) is 4.38. The molecule has 3 N–H and O–H groups in total. The van der Waals surface area contributed by atoms with Crippen molar-refractivity contribution in [1.29, 1.82) is 0 Å². The van der Waals surface area contributed by atoms with Crippen LogP contribution in [0.4, 0.5) is 11.4 Å². The third kappa shape index (κ3) is 7.04. The average molecular weight is 562 g/mol. The number of sulfonamides is 1. The molecular weight excluding hydrogens is 538 g/mol. The Kier molecular flexibility index (Phi) is 8.85. The predicted octanol–water partition coefficient (Wildman–Crippen LogP) is 4.03. The Morgan fingerprint density at radius 2 is 1.43 bits per heavy atom. The highest BCUT2D eigenvalue weighted by Gasteiger charge is 2.17. The minimum absolute atomic E-state index is 0.0978. The number of halogens is 1. The first-order chi connectivity index (χ1) is 16.7. The summed E-state index contributed by atoms with van der Waals surface area (Å²) in [6.07, 6.45) is -0.117. The van der Waals surface area contributed by atoms with Crippen molar-refractivity contribution in [3.63, 3.8) is 0 Å². The number of benzene rings is 3. The van der Waals surface area contributed by atoms with Gasteiger partial charge in [-0.3, -0.25) is 9.59 Å². The number of nitrogens with one attached hydrogen (secondary N) is 3. The summed E-state index contributed by atoms with van der Waals surface area (Å²) in [5.74, 6) is -0.176. The summed E-state index contributed by atoms with van der Waals surface area (Å²) in [7, 11) is -0.889. The van der Waals surface area contributed by atoms with Crippen molar-refractivity contribution in [2.75, 3.05) is 31.4 Å². The molecule has 0 radical (unpaired) electrons. The molecule has 0 heterocycles. The molecule has 0 saturated carbocycles. The number of methoxy groups -OCH3 is 2. The molecule has 0 fully saturated rings. The molecule has 0 aliphatic carbocycles. The molecule has 2 amide bonds. The minimum atomic E-state index is -3.74. The van der Waals surface area contributed by atoms with Gasteiger partial charge in [-0.2, -0.15) is 0 Å². The maximum Gasteiger partial charge on any atom is 0.255 e. The maximum absolute atomic E-state index is 12.5. The van der Waals surface area contributed by atoms with Crippen molar-refractivity contribution >= 4 is 49.1 Å². The van der Waals surface area contributed by atoms with Crippen LogP contribution in [-0.2, 0) is 14.8 Å². The lowest BCUT2D eigenvalue weighted by atomic mass is 10.2. The lowest BCUT2D eigenvalue weighted by molar-refractivity contribution is -0.116. The number of hydrogen-bond donors (Lipinski definition) is 3.